The van der Waals surface area contributed by atoms with Gasteiger partial charge in [0, 0.05) is 12.0 Å². The summed E-state index contributed by atoms with van der Waals surface area (Å²) in [4.78, 5) is 9.86. The number of nitro groups is 1. The van der Waals surface area contributed by atoms with Crippen molar-refractivity contribution >= 4 is 17.3 Å². The first kappa shape index (κ1) is 10.9. The molecule has 0 saturated heterocycles. The molecule has 5 heteroatoms. The minimum Gasteiger partial charge on any atom is -0.258 e. The number of benzene rings is 1. The van der Waals surface area contributed by atoms with E-state index in [0.29, 0.717) is 5.56 Å². The fraction of sp³-hybridized carbons (Fsp3) is 0.333. The van der Waals surface area contributed by atoms with Gasteiger partial charge in [-0.1, -0.05) is 24.6 Å². The maximum Gasteiger partial charge on any atom is 0.287 e. The fourth-order valence-electron chi connectivity index (χ4n) is 1.07. The van der Waals surface area contributed by atoms with E-state index >= 15 is 0 Å². The van der Waals surface area contributed by atoms with Crippen LogP contribution in [0.3, 0.4) is 0 Å². The summed E-state index contributed by atoms with van der Waals surface area (Å²) in [7, 11) is 0. The number of rotatable bonds is 3. The Morgan fingerprint density at radius 2 is 2.29 bits per heavy atom. The molecule has 0 spiro atoms. The van der Waals surface area contributed by atoms with Gasteiger partial charge in [-0.2, -0.15) is 0 Å². The molecule has 0 amide bonds. The molecule has 3 nitrogen and oxygen atoms in total. The Labute approximate surface area is 85.6 Å². The van der Waals surface area contributed by atoms with E-state index in [1.165, 1.54) is 18.2 Å². The van der Waals surface area contributed by atoms with Crippen molar-refractivity contribution in [1.82, 2.24) is 0 Å². The molecule has 0 bridgehead atoms. The van der Waals surface area contributed by atoms with E-state index in [-0.39, 0.29) is 16.6 Å². The average molecular weight is 218 g/mol. The van der Waals surface area contributed by atoms with E-state index < -0.39 is 11.6 Å². The van der Waals surface area contributed by atoms with Crippen molar-refractivity contribution < 1.29 is 9.31 Å². The van der Waals surface area contributed by atoms with Gasteiger partial charge in [0.15, 0.2) is 0 Å². The monoisotopic (exact) mass is 217 g/mol. The standard InChI is InChI=1S/C9H9ClFNO2/c1-6(5-11)7-2-3-9(12(13)14)8(10)4-7/h2-4,6H,5H2,1H3. The predicted molar refractivity (Wildman–Crippen MR) is 52.5 cm³/mol. The van der Waals surface area contributed by atoms with Crippen molar-refractivity contribution in [3.63, 3.8) is 0 Å². The highest BCUT2D eigenvalue weighted by molar-refractivity contribution is 6.32. The predicted octanol–water partition coefficient (Wildman–Crippen LogP) is 3.32. The smallest absolute Gasteiger partial charge is 0.258 e. The molecule has 0 aromatic heterocycles. The first-order valence-corrected chi connectivity index (χ1v) is 4.44. The third kappa shape index (κ3) is 2.20. The number of halogens is 2. The minimum atomic E-state index is -0.563. The normalized spacial score (nSPS) is 12.5. The lowest BCUT2D eigenvalue weighted by molar-refractivity contribution is -0.384. The maximum atomic E-state index is 12.3. The lowest BCUT2D eigenvalue weighted by Gasteiger charge is -2.06. The first-order valence-electron chi connectivity index (χ1n) is 4.06. The third-order valence-electron chi connectivity index (χ3n) is 1.97. The average Bonchev–Trinajstić information content (AvgIpc) is 2.15. The molecule has 0 fully saturated rings. The van der Waals surface area contributed by atoms with Crippen LogP contribution in [-0.4, -0.2) is 11.6 Å². The van der Waals surface area contributed by atoms with Gasteiger partial charge in [0.1, 0.15) is 5.02 Å². The van der Waals surface area contributed by atoms with Crippen LogP contribution in [0, 0.1) is 10.1 Å². The summed E-state index contributed by atoms with van der Waals surface area (Å²) >= 11 is 5.66. The van der Waals surface area contributed by atoms with E-state index in [1.54, 1.807) is 6.92 Å². The highest BCUT2D eigenvalue weighted by atomic mass is 35.5. The number of hydrogen-bond donors (Lipinski definition) is 0. The van der Waals surface area contributed by atoms with Gasteiger partial charge in [-0.05, 0) is 11.6 Å². The van der Waals surface area contributed by atoms with Crippen LogP contribution in [0.4, 0.5) is 10.1 Å². The van der Waals surface area contributed by atoms with Gasteiger partial charge >= 0.3 is 0 Å². The van der Waals surface area contributed by atoms with Crippen LogP contribution in [0.25, 0.3) is 0 Å². The van der Waals surface area contributed by atoms with E-state index in [2.05, 4.69) is 0 Å². The summed E-state index contributed by atoms with van der Waals surface area (Å²) < 4.78 is 12.3. The number of nitrogens with zero attached hydrogens (tertiary/aromatic N) is 1. The Bertz CT molecular complexity index is 357. The van der Waals surface area contributed by atoms with E-state index in [1.807, 2.05) is 0 Å². The molecule has 76 valence electrons. The molecule has 1 aromatic rings. The summed E-state index contributed by atoms with van der Waals surface area (Å²) in [5, 5.41) is 10.5. The number of alkyl halides is 1. The summed E-state index contributed by atoms with van der Waals surface area (Å²) in [5.41, 5.74) is 0.518. The molecule has 1 rings (SSSR count). The Morgan fingerprint density at radius 1 is 1.64 bits per heavy atom. The molecule has 1 unspecified atom stereocenters. The fourth-order valence-corrected chi connectivity index (χ4v) is 1.32. The van der Waals surface area contributed by atoms with Crippen molar-refractivity contribution in [2.45, 2.75) is 12.8 Å². The van der Waals surface area contributed by atoms with Gasteiger partial charge in [-0.3, -0.25) is 14.5 Å². The van der Waals surface area contributed by atoms with Crippen molar-refractivity contribution in [2.24, 2.45) is 0 Å². The summed E-state index contributed by atoms with van der Waals surface area (Å²) in [6, 6.07) is 4.25. The Kier molecular flexibility index (Phi) is 3.41. The number of hydrogen-bond acceptors (Lipinski definition) is 2. The second kappa shape index (κ2) is 4.37. The van der Waals surface area contributed by atoms with Crippen LogP contribution in [0.15, 0.2) is 18.2 Å². The van der Waals surface area contributed by atoms with Crippen molar-refractivity contribution in [3.8, 4) is 0 Å². The Hall–Kier alpha value is -1.16. The second-order valence-corrected chi connectivity index (χ2v) is 3.43. The summed E-state index contributed by atoms with van der Waals surface area (Å²) in [5.74, 6) is -0.284. The van der Waals surface area contributed by atoms with E-state index in [0.717, 1.165) is 0 Å². The largest absolute Gasteiger partial charge is 0.287 e. The molecule has 0 aliphatic heterocycles. The molecule has 0 aliphatic rings. The zero-order chi connectivity index (χ0) is 10.7. The van der Waals surface area contributed by atoms with E-state index in [4.69, 9.17) is 11.6 Å². The van der Waals surface area contributed by atoms with Crippen molar-refractivity contribution in [1.29, 1.82) is 0 Å². The third-order valence-corrected chi connectivity index (χ3v) is 2.27. The van der Waals surface area contributed by atoms with Crippen LogP contribution in [0.2, 0.25) is 5.02 Å². The molecule has 0 saturated carbocycles. The van der Waals surface area contributed by atoms with Gasteiger partial charge in [-0.25, -0.2) is 0 Å². The van der Waals surface area contributed by atoms with Crippen LogP contribution >= 0.6 is 11.6 Å². The van der Waals surface area contributed by atoms with Gasteiger partial charge in [0.05, 0.1) is 11.6 Å². The van der Waals surface area contributed by atoms with Gasteiger partial charge in [0.2, 0.25) is 0 Å². The molecule has 0 N–H and O–H groups in total. The van der Waals surface area contributed by atoms with Crippen LogP contribution in [-0.2, 0) is 0 Å². The lowest BCUT2D eigenvalue weighted by atomic mass is 10.0. The summed E-state index contributed by atoms with van der Waals surface area (Å²) in [6.45, 7) is 1.19. The zero-order valence-corrected chi connectivity index (χ0v) is 8.29. The molecule has 1 atom stereocenters. The molecule has 14 heavy (non-hydrogen) atoms. The highest BCUT2D eigenvalue weighted by Crippen LogP contribution is 2.28. The van der Waals surface area contributed by atoms with E-state index in [9.17, 15) is 14.5 Å². The van der Waals surface area contributed by atoms with Gasteiger partial charge in [-0.15, -0.1) is 0 Å². The van der Waals surface area contributed by atoms with Gasteiger partial charge < -0.3 is 0 Å². The maximum absolute atomic E-state index is 12.3. The van der Waals surface area contributed by atoms with Gasteiger partial charge in [0.25, 0.3) is 5.69 Å². The summed E-state index contributed by atoms with van der Waals surface area (Å²) in [6.07, 6.45) is 0. The van der Waals surface area contributed by atoms with Crippen LogP contribution in [0.1, 0.15) is 18.4 Å². The minimum absolute atomic E-state index is 0.0489. The SMILES string of the molecule is CC(CF)c1ccc([N+](=O)[O-])c(Cl)c1. The first-order chi connectivity index (χ1) is 6.56. The molecular weight excluding hydrogens is 209 g/mol. The van der Waals surface area contributed by atoms with Crippen LogP contribution in [0.5, 0.6) is 0 Å². The Balaban J connectivity index is 3.06. The van der Waals surface area contributed by atoms with Crippen LogP contribution < -0.4 is 0 Å². The van der Waals surface area contributed by atoms with Crippen molar-refractivity contribution in [3.05, 3.63) is 38.9 Å². The Morgan fingerprint density at radius 3 is 2.71 bits per heavy atom. The highest BCUT2D eigenvalue weighted by Gasteiger charge is 2.14. The molecule has 1 aromatic carbocycles. The molecule has 0 heterocycles. The van der Waals surface area contributed by atoms with Crippen molar-refractivity contribution in [2.75, 3.05) is 6.67 Å². The zero-order valence-electron chi connectivity index (χ0n) is 7.54. The molecule has 0 aliphatic carbocycles. The molecule has 0 radical (unpaired) electrons. The topological polar surface area (TPSA) is 43.1 Å². The quantitative estimate of drug-likeness (QED) is 0.576. The molecular formula is C9H9ClFNO2. The second-order valence-electron chi connectivity index (χ2n) is 3.02. The number of nitro benzene ring substituents is 1. The lowest BCUT2D eigenvalue weighted by Crippen LogP contribution is -1.96.